The fourth-order valence-corrected chi connectivity index (χ4v) is 3.73. The van der Waals surface area contributed by atoms with Crippen LogP contribution < -0.4 is 0 Å². The molecule has 2 heterocycles. The molecule has 1 atom stereocenters. The number of aryl methyl sites for hydroxylation is 1. The Bertz CT molecular complexity index is 757. The molecule has 1 saturated heterocycles. The number of aromatic nitrogens is 1. The van der Waals surface area contributed by atoms with Crippen molar-refractivity contribution in [1.29, 1.82) is 0 Å². The van der Waals surface area contributed by atoms with Gasteiger partial charge in [-0.2, -0.15) is 0 Å². The number of imide groups is 1. The molecule has 1 aromatic heterocycles. The Hall–Kier alpha value is -2.49. The lowest BCUT2D eigenvalue weighted by atomic mass is 9.80. The first-order chi connectivity index (χ1) is 10.7. The summed E-state index contributed by atoms with van der Waals surface area (Å²) in [7, 11) is 0. The molecule has 4 heteroatoms. The topological polar surface area (TPSA) is 50.3 Å². The minimum atomic E-state index is -0.629. The highest BCUT2D eigenvalue weighted by atomic mass is 16.2. The number of nitrogens with zero attached hydrogens (tertiary/aromatic N) is 2. The van der Waals surface area contributed by atoms with Crippen molar-refractivity contribution in [2.75, 3.05) is 0 Å². The van der Waals surface area contributed by atoms with Crippen LogP contribution in [0.15, 0.2) is 48.8 Å². The third kappa shape index (κ3) is 1.80. The van der Waals surface area contributed by atoms with Gasteiger partial charge < -0.3 is 0 Å². The molecule has 4 nitrogen and oxygen atoms in total. The van der Waals surface area contributed by atoms with Gasteiger partial charge in [-0.25, -0.2) is 0 Å². The molecule has 2 aromatic rings. The number of carbonyl (C=O) groups is 2. The summed E-state index contributed by atoms with van der Waals surface area (Å²) in [5, 5.41) is 0. The van der Waals surface area contributed by atoms with Crippen molar-refractivity contribution in [3.05, 3.63) is 65.5 Å². The van der Waals surface area contributed by atoms with Crippen molar-refractivity contribution >= 4 is 11.8 Å². The number of likely N-dealkylation sites (tertiary alicyclic amines) is 1. The normalized spacial score (nSPS) is 23.4. The summed E-state index contributed by atoms with van der Waals surface area (Å²) in [6.07, 6.45) is 5.29. The van der Waals surface area contributed by atoms with Crippen LogP contribution in [0.3, 0.4) is 0 Å². The summed E-state index contributed by atoms with van der Waals surface area (Å²) in [6.45, 7) is 0.315. The van der Waals surface area contributed by atoms with Gasteiger partial charge in [0.05, 0.1) is 12.0 Å². The van der Waals surface area contributed by atoms with Gasteiger partial charge in [-0.3, -0.25) is 19.5 Å². The molecule has 110 valence electrons. The van der Waals surface area contributed by atoms with Gasteiger partial charge in [-0.05, 0) is 35.6 Å². The first-order valence-corrected chi connectivity index (χ1v) is 7.53. The SMILES string of the molecule is O=C1C[C@@]2(CCc3ccccc32)C(=O)N1Cc1cccnc1. The van der Waals surface area contributed by atoms with Crippen molar-refractivity contribution in [3.8, 4) is 0 Å². The Kier molecular flexibility index (Phi) is 2.86. The molecular weight excluding hydrogens is 276 g/mol. The molecule has 2 amide bonds. The van der Waals surface area contributed by atoms with Crippen LogP contribution >= 0.6 is 0 Å². The second-order valence-electron chi connectivity index (χ2n) is 6.06. The summed E-state index contributed by atoms with van der Waals surface area (Å²) in [5.74, 6) is -0.128. The molecular formula is C18H16N2O2. The maximum absolute atomic E-state index is 13.0. The van der Waals surface area contributed by atoms with E-state index in [0.29, 0.717) is 13.0 Å². The lowest BCUT2D eigenvalue weighted by Crippen LogP contribution is -2.36. The van der Waals surface area contributed by atoms with E-state index in [0.717, 1.165) is 24.0 Å². The minimum Gasteiger partial charge on any atom is -0.277 e. The van der Waals surface area contributed by atoms with E-state index in [2.05, 4.69) is 11.1 Å². The second kappa shape index (κ2) is 4.77. The summed E-state index contributed by atoms with van der Waals surface area (Å²) in [6, 6.07) is 11.7. The number of amides is 2. The van der Waals surface area contributed by atoms with E-state index < -0.39 is 5.41 Å². The average molecular weight is 292 g/mol. The van der Waals surface area contributed by atoms with Crippen LogP contribution in [0.2, 0.25) is 0 Å². The first-order valence-electron chi connectivity index (χ1n) is 7.53. The van der Waals surface area contributed by atoms with Crippen LogP contribution in [0.4, 0.5) is 0 Å². The van der Waals surface area contributed by atoms with Crippen molar-refractivity contribution in [1.82, 2.24) is 9.88 Å². The number of hydrogen-bond donors (Lipinski definition) is 0. The standard InChI is InChI=1S/C18H16N2O2/c21-16-10-18(8-7-14-5-1-2-6-15(14)18)17(22)20(16)12-13-4-3-9-19-11-13/h1-6,9,11H,7-8,10,12H2/t18-/m1/s1. The highest BCUT2D eigenvalue weighted by Crippen LogP contribution is 2.47. The number of benzene rings is 1. The van der Waals surface area contributed by atoms with Gasteiger partial charge in [0.15, 0.2) is 0 Å². The van der Waals surface area contributed by atoms with Gasteiger partial charge in [-0.1, -0.05) is 30.3 Å². The number of carbonyl (C=O) groups excluding carboxylic acids is 2. The van der Waals surface area contributed by atoms with Crippen LogP contribution in [0, 0.1) is 0 Å². The molecule has 0 bridgehead atoms. The summed E-state index contributed by atoms with van der Waals surface area (Å²) in [4.78, 5) is 30.9. The Labute approximate surface area is 128 Å². The molecule has 1 spiro atoms. The molecule has 0 N–H and O–H groups in total. The fourth-order valence-electron chi connectivity index (χ4n) is 3.73. The summed E-state index contributed by atoms with van der Waals surface area (Å²) >= 11 is 0. The van der Waals surface area contributed by atoms with Crippen molar-refractivity contribution in [2.24, 2.45) is 0 Å². The first kappa shape index (κ1) is 13.2. The van der Waals surface area contributed by atoms with Crippen LogP contribution in [-0.2, 0) is 28.0 Å². The highest BCUT2D eigenvalue weighted by Gasteiger charge is 2.55. The second-order valence-corrected chi connectivity index (χ2v) is 6.06. The third-order valence-electron chi connectivity index (χ3n) is 4.83. The van der Waals surface area contributed by atoms with Crippen LogP contribution in [0.25, 0.3) is 0 Å². The molecule has 4 rings (SSSR count). The zero-order valence-corrected chi connectivity index (χ0v) is 12.2. The Morgan fingerprint density at radius 3 is 2.82 bits per heavy atom. The van der Waals surface area contributed by atoms with E-state index in [-0.39, 0.29) is 11.8 Å². The Morgan fingerprint density at radius 2 is 2.00 bits per heavy atom. The molecule has 1 fully saturated rings. The van der Waals surface area contributed by atoms with Crippen LogP contribution in [-0.4, -0.2) is 21.7 Å². The molecule has 2 aliphatic rings. The highest BCUT2D eigenvalue weighted by molar-refractivity contribution is 6.09. The number of fused-ring (bicyclic) bond motifs is 2. The van der Waals surface area contributed by atoms with E-state index in [1.54, 1.807) is 12.4 Å². The van der Waals surface area contributed by atoms with Gasteiger partial charge in [-0.15, -0.1) is 0 Å². The van der Waals surface area contributed by atoms with Gasteiger partial charge in [0.2, 0.25) is 11.8 Å². The quantitative estimate of drug-likeness (QED) is 0.798. The molecule has 0 saturated carbocycles. The van der Waals surface area contributed by atoms with Gasteiger partial charge in [0.25, 0.3) is 0 Å². The summed E-state index contributed by atoms with van der Waals surface area (Å²) < 4.78 is 0. The predicted octanol–water partition coefficient (Wildman–Crippen LogP) is 2.22. The lowest BCUT2D eigenvalue weighted by molar-refractivity contribution is -0.140. The maximum atomic E-state index is 13.0. The smallest absolute Gasteiger partial charge is 0.240 e. The minimum absolute atomic E-state index is 0.0497. The Morgan fingerprint density at radius 1 is 1.14 bits per heavy atom. The van der Waals surface area contributed by atoms with E-state index >= 15 is 0 Å². The van der Waals surface area contributed by atoms with Crippen molar-refractivity contribution in [3.63, 3.8) is 0 Å². The number of hydrogen-bond acceptors (Lipinski definition) is 3. The Balaban J connectivity index is 1.69. The fraction of sp³-hybridized carbons (Fsp3) is 0.278. The predicted molar refractivity (Wildman–Crippen MR) is 80.9 cm³/mol. The molecule has 22 heavy (non-hydrogen) atoms. The van der Waals surface area contributed by atoms with E-state index in [1.165, 1.54) is 10.5 Å². The molecule has 1 aromatic carbocycles. The van der Waals surface area contributed by atoms with Gasteiger partial charge in [0, 0.05) is 18.8 Å². The summed E-state index contributed by atoms with van der Waals surface area (Å²) in [5.41, 5.74) is 2.50. The van der Waals surface area contributed by atoms with Crippen LogP contribution in [0.1, 0.15) is 29.5 Å². The molecule has 1 aliphatic heterocycles. The number of rotatable bonds is 2. The van der Waals surface area contributed by atoms with E-state index in [9.17, 15) is 9.59 Å². The van der Waals surface area contributed by atoms with Crippen molar-refractivity contribution in [2.45, 2.75) is 31.2 Å². The van der Waals surface area contributed by atoms with E-state index in [4.69, 9.17) is 0 Å². The molecule has 0 radical (unpaired) electrons. The molecule has 1 aliphatic carbocycles. The van der Waals surface area contributed by atoms with Gasteiger partial charge in [0.1, 0.15) is 0 Å². The van der Waals surface area contributed by atoms with Crippen LogP contribution in [0.5, 0.6) is 0 Å². The van der Waals surface area contributed by atoms with E-state index in [1.807, 2.05) is 30.3 Å². The molecule has 0 unspecified atom stereocenters. The number of pyridine rings is 1. The van der Waals surface area contributed by atoms with Gasteiger partial charge >= 0.3 is 0 Å². The zero-order valence-electron chi connectivity index (χ0n) is 12.2. The average Bonchev–Trinajstić information content (AvgIpc) is 3.03. The van der Waals surface area contributed by atoms with Crippen molar-refractivity contribution < 1.29 is 9.59 Å². The maximum Gasteiger partial charge on any atom is 0.240 e. The third-order valence-corrected chi connectivity index (χ3v) is 4.83. The monoisotopic (exact) mass is 292 g/mol. The zero-order chi connectivity index (χ0) is 15.2. The lowest BCUT2D eigenvalue weighted by Gasteiger charge is -2.22. The largest absolute Gasteiger partial charge is 0.277 e.